The molecule has 92 valence electrons. The van der Waals surface area contributed by atoms with Crippen molar-refractivity contribution in [3.63, 3.8) is 0 Å². The minimum atomic E-state index is 0.138. The van der Waals surface area contributed by atoms with Crippen LogP contribution in [0.1, 0.15) is 23.5 Å². The third-order valence-corrected chi connectivity index (χ3v) is 3.38. The van der Waals surface area contributed by atoms with Crippen molar-refractivity contribution in [3.05, 3.63) is 53.9 Å². The minimum absolute atomic E-state index is 0.138. The van der Waals surface area contributed by atoms with Gasteiger partial charge in [0, 0.05) is 24.2 Å². The van der Waals surface area contributed by atoms with Gasteiger partial charge in [-0.05, 0) is 17.9 Å². The van der Waals surface area contributed by atoms with E-state index in [-0.39, 0.29) is 11.8 Å². The van der Waals surface area contributed by atoms with Gasteiger partial charge in [-0.3, -0.25) is 9.89 Å². The number of nitrogens with one attached hydrogen (secondary N) is 2. The number of hydrogen-bond acceptors (Lipinski definition) is 2. The zero-order valence-corrected chi connectivity index (χ0v) is 9.97. The summed E-state index contributed by atoms with van der Waals surface area (Å²) in [6.07, 6.45) is 4.48. The fourth-order valence-electron chi connectivity index (χ4n) is 2.25. The molecule has 1 aromatic carbocycles. The fraction of sp³-hybridized carbons (Fsp3) is 0.286. The molecule has 2 unspecified atom stereocenters. The van der Waals surface area contributed by atoms with Crippen LogP contribution in [0.4, 0.5) is 0 Å². The highest BCUT2D eigenvalue weighted by Crippen LogP contribution is 2.47. The van der Waals surface area contributed by atoms with Gasteiger partial charge in [0.05, 0.1) is 6.20 Å². The van der Waals surface area contributed by atoms with Gasteiger partial charge in [0.25, 0.3) is 0 Å². The summed E-state index contributed by atoms with van der Waals surface area (Å²) in [7, 11) is 0. The summed E-state index contributed by atoms with van der Waals surface area (Å²) in [5, 5.41) is 9.53. The molecule has 0 aliphatic heterocycles. The van der Waals surface area contributed by atoms with Crippen LogP contribution in [-0.4, -0.2) is 16.1 Å². The number of aromatic amines is 1. The second-order valence-electron chi connectivity index (χ2n) is 4.68. The summed E-state index contributed by atoms with van der Waals surface area (Å²) < 4.78 is 0. The van der Waals surface area contributed by atoms with E-state index in [4.69, 9.17) is 0 Å². The highest BCUT2D eigenvalue weighted by molar-refractivity contribution is 5.82. The Hall–Kier alpha value is -2.10. The van der Waals surface area contributed by atoms with Gasteiger partial charge in [-0.15, -0.1) is 0 Å². The molecular formula is C14H15N3O. The maximum Gasteiger partial charge on any atom is 0.224 e. The number of carbonyl (C=O) groups is 1. The van der Waals surface area contributed by atoms with Crippen molar-refractivity contribution >= 4 is 5.91 Å². The van der Waals surface area contributed by atoms with Crippen molar-refractivity contribution < 1.29 is 4.79 Å². The van der Waals surface area contributed by atoms with Crippen molar-refractivity contribution in [1.82, 2.24) is 15.5 Å². The molecule has 0 radical (unpaired) electrons. The number of carbonyl (C=O) groups excluding carboxylic acids is 1. The van der Waals surface area contributed by atoms with Crippen molar-refractivity contribution in [2.75, 3.05) is 0 Å². The lowest BCUT2D eigenvalue weighted by Crippen LogP contribution is -2.24. The first-order valence-electron chi connectivity index (χ1n) is 6.15. The topological polar surface area (TPSA) is 57.8 Å². The minimum Gasteiger partial charge on any atom is -0.352 e. The maximum absolute atomic E-state index is 11.9. The summed E-state index contributed by atoms with van der Waals surface area (Å²) in [5.74, 6) is 0.680. The van der Waals surface area contributed by atoms with E-state index < -0.39 is 0 Å². The zero-order chi connectivity index (χ0) is 12.4. The molecule has 1 aliphatic carbocycles. The quantitative estimate of drug-likeness (QED) is 0.858. The Bertz CT molecular complexity index is 521. The summed E-state index contributed by atoms with van der Waals surface area (Å²) in [4.78, 5) is 11.9. The van der Waals surface area contributed by atoms with Gasteiger partial charge in [-0.2, -0.15) is 5.10 Å². The third-order valence-electron chi connectivity index (χ3n) is 3.38. The van der Waals surface area contributed by atoms with Crippen molar-refractivity contribution in [3.8, 4) is 0 Å². The Balaban J connectivity index is 1.53. The van der Waals surface area contributed by atoms with Crippen LogP contribution in [0.25, 0.3) is 0 Å². The normalized spacial score (nSPS) is 21.6. The molecule has 0 spiro atoms. The Morgan fingerprint density at radius 3 is 2.94 bits per heavy atom. The monoisotopic (exact) mass is 241 g/mol. The lowest BCUT2D eigenvalue weighted by atomic mass is 10.1. The summed E-state index contributed by atoms with van der Waals surface area (Å²) in [5.41, 5.74) is 2.27. The van der Waals surface area contributed by atoms with Gasteiger partial charge in [0.2, 0.25) is 5.91 Å². The van der Waals surface area contributed by atoms with Crippen LogP contribution in [0, 0.1) is 5.92 Å². The van der Waals surface area contributed by atoms with Crippen LogP contribution in [0.15, 0.2) is 42.7 Å². The van der Waals surface area contributed by atoms with E-state index >= 15 is 0 Å². The number of nitrogens with zero attached hydrogens (tertiary/aromatic N) is 1. The second kappa shape index (κ2) is 4.64. The number of hydrogen-bond donors (Lipinski definition) is 2. The average molecular weight is 241 g/mol. The van der Waals surface area contributed by atoms with E-state index in [9.17, 15) is 4.79 Å². The lowest BCUT2D eigenvalue weighted by Gasteiger charge is -2.03. The zero-order valence-electron chi connectivity index (χ0n) is 9.97. The van der Waals surface area contributed by atoms with Gasteiger partial charge in [-0.25, -0.2) is 0 Å². The van der Waals surface area contributed by atoms with Crippen LogP contribution in [0.3, 0.4) is 0 Å². The number of amides is 1. The second-order valence-corrected chi connectivity index (χ2v) is 4.68. The van der Waals surface area contributed by atoms with E-state index in [1.807, 2.05) is 18.2 Å². The van der Waals surface area contributed by atoms with Gasteiger partial charge in [0.15, 0.2) is 0 Å². The summed E-state index contributed by atoms with van der Waals surface area (Å²) in [6.45, 7) is 0.549. The molecule has 2 aromatic rings. The molecule has 1 amide bonds. The van der Waals surface area contributed by atoms with Crippen molar-refractivity contribution in [1.29, 1.82) is 0 Å². The van der Waals surface area contributed by atoms with E-state index in [0.29, 0.717) is 12.5 Å². The first kappa shape index (κ1) is 11.0. The van der Waals surface area contributed by atoms with Crippen LogP contribution in [0.5, 0.6) is 0 Å². The predicted molar refractivity (Wildman–Crippen MR) is 67.7 cm³/mol. The lowest BCUT2D eigenvalue weighted by molar-refractivity contribution is -0.122. The molecule has 18 heavy (non-hydrogen) atoms. The highest BCUT2D eigenvalue weighted by atomic mass is 16.2. The molecule has 0 bridgehead atoms. The van der Waals surface area contributed by atoms with E-state index in [1.54, 1.807) is 12.4 Å². The number of rotatable bonds is 4. The van der Waals surface area contributed by atoms with Crippen LogP contribution in [-0.2, 0) is 11.3 Å². The molecular weight excluding hydrogens is 226 g/mol. The van der Waals surface area contributed by atoms with Crippen LogP contribution in [0.2, 0.25) is 0 Å². The summed E-state index contributed by atoms with van der Waals surface area (Å²) in [6, 6.07) is 10.2. The molecule has 2 atom stereocenters. The van der Waals surface area contributed by atoms with Crippen molar-refractivity contribution in [2.45, 2.75) is 18.9 Å². The predicted octanol–water partition coefficient (Wildman–Crippen LogP) is 1.83. The first-order valence-corrected chi connectivity index (χ1v) is 6.15. The molecule has 1 heterocycles. The smallest absolute Gasteiger partial charge is 0.224 e. The van der Waals surface area contributed by atoms with Gasteiger partial charge in [-0.1, -0.05) is 30.3 Å². The molecule has 1 aliphatic rings. The Morgan fingerprint density at radius 1 is 1.39 bits per heavy atom. The molecule has 2 N–H and O–H groups in total. The molecule has 0 saturated heterocycles. The SMILES string of the molecule is O=C(NCc1cn[nH]c1)C1CC1c1ccccc1. The Labute approximate surface area is 105 Å². The van der Waals surface area contributed by atoms with Crippen molar-refractivity contribution in [2.24, 2.45) is 5.92 Å². The fourth-order valence-corrected chi connectivity index (χ4v) is 2.25. The molecule has 1 saturated carbocycles. The van der Waals surface area contributed by atoms with E-state index in [0.717, 1.165) is 12.0 Å². The summed E-state index contributed by atoms with van der Waals surface area (Å²) >= 11 is 0. The highest BCUT2D eigenvalue weighted by Gasteiger charge is 2.43. The van der Waals surface area contributed by atoms with E-state index in [1.165, 1.54) is 5.56 Å². The number of aromatic nitrogens is 2. The van der Waals surface area contributed by atoms with Gasteiger partial charge in [0.1, 0.15) is 0 Å². The average Bonchev–Trinajstić information content (AvgIpc) is 3.05. The molecule has 1 fully saturated rings. The standard InChI is InChI=1S/C14H15N3O/c18-14(15-7-10-8-16-17-9-10)13-6-12(13)11-4-2-1-3-5-11/h1-5,8-9,12-13H,6-7H2,(H,15,18)(H,16,17). The largest absolute Gasteiger partial charge is 0.352 e. The van der Waals surface area contributed by atoms with Crippen LogP contribution >= 0.6 is 0 Å². The van der Waals surface area contributed by atoms with E-state index in [2.05, 4.69) is 27.6 Å². The first-order chi connectivity index (χ1) is 8.84. The van der Waals surface area contributed by atoms with Crippen LogP contribution < -0.4 is 5.32 Å². The third kappa shape index (κ3) is 2.27. The maximum atomic E-state index is 11.9. The Kier molecular flexibility index (Phi) is 2.84. The molecule has 4 nitrogen and oxygen atoms in total. The molecule has 1 aromatic heterocycles. The number of benzene rings is 1. The van der Waals surface area contributed by atoms with Gasteiger partial charge < -0.3 is 5.32 Å². The van der Waals surface area contributed by atoms with Gasteiger partial charge >= 0.3 is 0 Å². The molecule has 3 rings (SSSR count). The molecule has 4 heteroatoms. The number of H-pyrrole nitrogens is 1. The Morgan fingerprint density at radius 2 is 2.22 bits per heavy atom.